The highest BCUT2D eigenvalue weighted by molar-refractivity contribution is 6.40. The van der Waals surface area contributed by atoms with Gasteiger partial charge in [0.25, 0.3) is 5.91 Å². The van der Waals surface area contributed by atoms with Gasteiger partial charge >= 0.3 is 0 Å². The summed E-state index contributed by atoms with van der Waals surface area (Å²) in [6.45, 7) is 2.17. The second-order valence-corrected chi connectivity index (χ2v) is 9.02. The number of hydrogen-bond acceptors (Lipinski definition) is 6. The number of carbonyl (C=O) groups excluding carboxylic acids is 1. The molecule has 1 amide bonds. The Morgan fingerprint density at radius 1 is 1.09 bits per heavy atom. The van der Waals surface area contributed by atoms with Crippen molar-refractivity contribution in [3.8, 4) is 5.88 Å². The van der Waals surface area contributed by atoms with Crippen molar-refractivity contribution in [1.29, 1.82) is 0 Å². The Bertz CT molecular complexity index is 1150. The molecule has 0 spiro atoms. The number of ether oxygens (including phenoxy) is 1. The van der Waals surface area contributed by atoms with Crippen LogP contribution in [0.2, 0.25) is 10.0 Å². The van der Waals surface area contributed by atoms with Crippen LogP contribution < -0.4 is 20.3 Å². The van der Waals surface area contributed by atoms with Crippen LogP contribution >= 0.6 is 23.2 Å². The van der Waals surface area contributed by atoms with Gasteiger partial charge in [-0.3, -0.25) is 9.69 Å². The zero-order valence-corrected chi connectivity index (χ0v) is 19.4. The topological polar surface area (TPSA) is 79.4 Å². The van der Waals surface area contributed by atoms with Crippen molar-refractivity contribution in [3.63, 3.8) is 0 Å². The number of para-hydroxylation sites is 1. The van der Waals surface area contributed by atoms with E-state index in [-0.39, 0.29) is 24.1 Å². The minimum atomic E-state index is -0.319. The summed E-state index contributed by atoms with van der Waals surface area (Å²) in [5.41, 5.74) is 2.85. The van der Waals surface area contributed by atoms with E-state index in [1.165, 1.54) is 29.5 Å². The lowest BCUT2D eigenvalue weighted by Gasteiger charge is -2.29. The number of hydrogen-bond donors (Lipinski definition) is 2. The molecule has 3 heterocycles. The molecular formula is C24H23Cl2N5O2. The fourth-order valence-electron chi connectivity index (χ4n) is 4.20. The lowest BCUT2D eigenvalue weighted by atomic mass is 9.91. The molecule has 2 aliphatic heterocycles. The van der Waals surface area contributed by atoms with Crippen LogP contribution in [0.3, 0.4) is 0 Å². The van der Waals surface area contributed by atoms with E-state index in [9.17, 15) is 4.79 Å². The van der Waals surface area contributed by atoms with Gasteiger partial charge in [-0.2, -0.15) is 4.98 Å². The molecule has 9 heteroatoms. The van der Waals surface area contributed by atoms with E-state index in [2.05, 4.69) is 32.7 Å². The first-order valence-corrected chi connectivity index (χ1v) is 11.7. The number of halogens is 2. The van der Waals surface area contributed by atoms with Crippen molar-refractivity contribution in [2.24, 2.45) is 5.92 Å². The van der Waals surface area contributed by atoms with E-state index in [4.69, 9.17) is 27.9 Å². The van der Waals surface area contributed by atoms with Crippen LogP contribution in [0.1, 0.15) is 28.8 Å². The Morgan fingerprint density at radius 3 is 2.55 bits per heavy atom. The van der Waals surface area contributed by atoms with Crippen LogP contribution in [0, 0.1) is 5.92 Å². The van der Waals surface area contributed by atoms with Crippen molar-refractivity contribution in [3.05, 3.63) is 69.8 Å². The maximum Gasteiger partial charge on any atom is 0.268 e. The van der Waals surface area contributed by atoms with E-state index in [0.29, 0.717) is 21.7 Å². The SMILES string of the molecule is O=C1c2cnc(Nc3ccc(CC4CCNCC4)cc3)nc2OCN1c1c(Cl)cccc1Cl. The van der Waals surface area contributed by atoms with Gasteiger partial charge in [0.2, 0.25) is 11.8 Å². The third kappa shape index (κ3) is 4.76. The van der Waals surface area contributed by atoms with Gasteiger partial charge in [-0.15, -0.1) is 0 Å². The number of amides is 1. The standard InChI is InChI=1S/C24H23Cl2N5O2/c25-19-2-1-3-20(26)21(19)31-14-33-22-18(23(31)32)13-28-24(30-22)29-17-6-4-15(5-7-17)12-16-8-10-27-11-9-16/h1-7,13,16,27H,8-12,14H2,(H,28,29,30). The van der Waals surface area contributed by atoms with Crippen molar-refractivity contribution in [2.75, 3.05) is 30.0 Å². The summed E-state index contributed by atoms with van der Waals surface area (Å²) in [7, 11) is 0. The molecular weight excluding hydrogens is 461 g/mol. The number of anilines is 3. The lowest BCUT2D eigenvalue weighted by molar-refractivity contribution is 0.0932. The summed E-state index contributed by atoms with van der Waals surface area (Å²) in [6, 6.07) is 13.4. The number of rotatable bonds is 5. The van der Waals surface area contributed by atoms with Gasteiger partial charge < -0.3 is 15.4 Å². The van der Waals surface area contributed by atoms with E-state index in [0.717, 1.165) is 31.1 Å². The van der Waals surface area contributed by atoms with Gasteiger partial charge in [0.15, 0.2) is 6.73 Å². The van der Waals surface area contributed by atoms with E-state index < -0.39 is 0 Å². The molecule has 1 fully saturated rings. The number of nitrogens with one attached hydrogen (secondary N) is 2. The number of carbonyl (C=O) groups is 1. The largest absolute Gasteiger partial charge is 0.455 e. The molecule has 2 N–H and O–H groups in total. The zero-order valence-electron chi connectivity index (χ0n) is 17.9. The Morgan fingerprint density at radius 2 is 1.82 bits per heavy atom. The quantitative estimate of drug-likeness (QED) is 0.527. The van der Waals surface area contributed by atoms with E-state index in [1.54, 1.807) is 18.2 Å². The summed E-state index contributed by atoms with van der Waals surface area (Å²) < 4.78 is 5.74. The normalized spacial score (nSPS) is 16.3. The first-order chi connectivity index (χ1) is 16.1. The van der Waals surface area contributed by atoms with Crippen LogP contribution in [-0.2, 0) is 6.42 Å². The third-order valence-electron chi connectivity index (χ3n) is 5.96. The van der Waals surface area contributed by atoms with Crippen molar-refractivity contribution in [1.82, 2.24) is 15.3 Å². The maximum atomic E-state index is 13.0. The van der Waals surface area contributed by atoms with Crippen LogP contribution in [-0.4, -0.2) is 35.7 Å². The monoisotopic (exact) mass is 483 g/mol. The fraction of sp³-hybridized carbons (Fsp3) is 0.292. The van der Waals surface area contributed by atoms with Crippen molar-refractivity contribution < 1.29 is 9.53 Å². The van der Waals surface area contributed by atoms with Gasteiger partial charge in [-0.25, -0.2) is 4.98 Å². The van der Waals surface area contributed by atoms with Gasteiger partial charge in [-0.05, 0) is 68.1 Å². The molecule has 0 atom stereocenters. The minimum absolute atomic E-state index is 0.0445. The van der Waals surface area contributed by atoms with E-state index in [1.807, 2.05) is 12.1 Å². The molecule has 0 radical (unpaired) electrons. The first-order valence-electron chi connectivity index (χ1n) is 10.9. The molecule has 0 bridgehead atoms. The zero-order chi connectivity index (χ0) is 22.8. The van der Waals surface area contributed by atoms with Crippen LogP contribution in [0.25, 0.3) is 0 Å². The summed E-state index contributed by atoms with van der Waals surface area (Å²) in [5.74, 6) is 1.00. The Balaban J connectivity index is 1.28. The van der Waals surface area contributed by atoms with Gasteiger partial charge in [0, 0.05) is 11.9 Å². The highest BCUT2D eigenvalue weighted by atomic mass is 35.5. The van der Waals surface area contributed by atoms with E-state index >= 15 is 0 Å². The second kappa shape index (κ2) is 9.55. The minimum Gasteiger partial charge on any atom is -0.455 e. The highest BCUT2D eigenvalue weighted by Gasteiger charge is 2.31. The molecule has 2 aromatic carbocycles. The average molecular weight is 484 g/mol. The highest BCUT2D eigenvalue weighted by Crippen LogP contribution is 2.37. The lowest BCUT2D eigenvalue weighted by Crippen LogP contribution is -2.39. The maximum absolute atomic E-state index is 13.0. The van der Waals surface area contributed by atoms with Gasteiger partial charge in [0.1, 0.15) is 5.56 Å². The summed E-state index contributed by atoms with van der Waals surface area (Å²) in [5, 5.41) is 7.32. The van der Waals surface area contributed by atoms with Gasteiger partial charge in [-0.1, -0.05) is 41.4 Å². The molecule has 5 rings (SSSR count). The molecule has 33 heavy (non-hydrogen) atoms. The molecule has 1 saturated heterocycles. The summed E-state index contributed by atoms with van der Waals surface area (Å²) in [6.07, 6.45) is 5.00. The molecule has 7 nitrogen and oxygen atoms in total. The number of nitrogens with zero attached hydrogens (tertiary/aromatic N) is 3. The van der Waals surface area contributed by atoms with Crippen molar-refractivity contribution in [2.45, 2.75) is 19.3 Å². The summed E-state index contributed by atoms with van der Waals surface area (Å²) >= 11 is 12.5. The van der Waals surface area contributed by atoms with Crippen LogP contribution in [0.5, 0.6) is 5.88 Å². The van der Waals surface area contributed by atoms with Crippen LogP contribution in [0.4, 0.5) is 17.3 Å². The predicted octanol–water partition coefficient (Wildman–Crippen LogP) is 5.07. The molecule has 0 aliphatic carbocycles. The molecule has 0 unspecified atom stereocenters. The van der Waals surface area contributed by atoms with Crippen molar-refractivity contribution >= 4 is 46.4 Å². The second-order valence-electron chi connectivity index (χ2n) is 8.21. The fourth-order valence-corrected chi connectivity index (χ4v) is 4.80. The molecule has 0 saturated carbocycles. The average Bonchev–Trinajstić information content (AvgIpc) is 2.82. The number of fused-ring (bicyclic) bond motifs is 1. The Hall–Kier alpha value is -2.87. The smallest absolute Gasteiger partial charge is 0.268 e. The van der Waals surface area contributed by atoms with Crippen LogP contribution in [0.15, 0.2) is 48.7 Å². The number of benzene rings is 2. The molecule has 1 aromatic heterocycles. The Kier molecular flexibility index (Phi) is 6.35. The van der Waals surface area contributed by atoms with Gasteiger partial charge in [0.05, 0.1) is 15.7 Å². The number of aromatic nitrogens is 2. The Labute approximate surface area is 202 Å². The summed E-state index contributed by atoms with van der Waals surface area (Å²) in [4.78, 5) is 23.1. The molecule has 170 valence electrons. The molecule has 2 aliphatic rings. The first kappa shape index (κ1) is 21.9. The third-order valence-corrected chi connectivity index (χ3v) is 6.57. The molecule has 3 aromatic rings. The predicted molar refractivity (Wildman–Crippen MR) is 130 cm³/mol. The number of piperidine rings is 1.